The van der Waals surface area contributed by atoms with Gasteiger partial charge in [-0.1, -0.05) is 0 Å². The second kappa shape index (κ2) is 7.89. The van der Waals surface area contributed by atoms with Crippen molar-refractivity contribution in [1.82, 2.24) is 0 Å². The van der Waals surface area contributed by atoms with Crippen LogP contribution in [-0.4, -0.2) is 29.2 Å². The van der Waals surface area contributed by atoms with Gasteiger partial charge in [0.1, 0.15) is 0 Å². The number of hydrogen-bond donors (Lipinski definition) is 0. The zero-order valence-electron chi connectivity index (χ0n) is 7.38. The standard InChI is InChI=1S/C9H11O.BrH.Mg/c1-8(2)10-9-6-4-3-5-7-9;;/h4-8H,1-2H3;1H;/q-1;;+2/p-1. The fourth-order valence-electron chi connectivity index (χ4n) is 0.722. The van der Waals surface area contributed by atoms with Gasteiger partial charge in [-0.15, -0.1) is 12.1 Å². The Morgan fingerprint density at radius 1 is 1.25 bits per heavy atom. The van der Waals surface area contributed by atoms with Crippen LogP contribution in [0.4, 0.5) is 0 Å². The summed E-state index contributed by atoms with van der Waals surface area (Å²) in [5, 5.41) is 0. The predicted octanol–water partition coefficient (Wildman–Crippen LogP) is -1.10. The van der Waals surface area contributed by atoms with E-state index < -0.39 is 0 Å². The van der Waals surface area contributed by atoms with E-state index in [1.165, 1.54) is 0 Å². The van der Waals surface area contributed by atoms with Crippen LogP contribution in [0.1, 0.15) is 13.8 Å². The van der Waals surface area contributed by atoms with Gasteiger partial charge in [0.2, 0.25) is 0 Å². The predicted molar refractivity (Wildman–Crippen MR) is 46.8 cm³/mol. The van der Waals surface area contributed by atoms with E-state index in [-0.39, 0.29) is 46.1 Å². The minimum Gasteiger partial charge on any atom is -1.00 e. The normalized spacial score (nSPS) is 8.25. The molecule has 0 bridgehead atoms. The number of ether oxygens (including phenoxy) is 1. The van der Waals surface area contributed by atoms with Crippen molar-refractivity contribution in [3.8, 4) is 5.75 Å². The van der Waals surface area contributed by atoms with Gasteiger partial charge in [0.15, 0.2) is 0 Å². The smallest absolute Gasteiger partial charge is 1.00 e. The Bertz CT molecular complexity index is 189. The van der Waals surface area contributed by atoms with E-state index in [1.54, 1.807) is 0 Å². The first-order valence-electron chi connectivity index (χ1n) is 3.42. The minimum atomic E-state index is 0. The fraction of sp³-hybridized carbons (Fsp3) is 0.333. The molecule has 0 spiro atoms. The Kier molecular flexibility index (Phi) is 9.72. The fourth-order valence-corrected chi connectivity index (χ4v) is 0.722. The van der Waals surface area contributed by atoms with E-state index in [9.17, 15) is 0 Å². The number of benzene rings is 1. The second-order valence-electron chi connectivity index (χ2n) is 2.40. The van der Waals surface area contributed by atoms with E-state index in [0.29, 0.717) is 0 Å². The van der Waals surface area contributed by atoms with Crippen LogP contribution in [0.3, 0.4) is 0 Å². The third kappa shape index (κ3) is 5.86. The first-order valence-corrected chi connectivity index (χ1v) is 3.42. The van der Waals surface area contributed by atoms with Gasteiger partial charge in [-0.3, -0.25) is 0 Å². The second-order valence-corrected chi connectivity index (χ2v) is 2.40. The third-order valence-electron chi connectivity index (χ3n) is 1.06. The number of hydrogen-bond acceptors (Lipinski definition) is 1. The van der Waals surface area contributed by atoms with Crippen molar-refractivity contribution in [3.63, 3.8) is 0 Å². The summed E-state index contributed by atoms with van der Waals surface area (Å²) < 4.78 is 5.39. The van der Waals surface area contributed by atoms with Gasteiger partial charge < -0.3 is 21.7 Å². The zero-order valence-corrected chi connectivity index (χ0v) is 10.4. The van der Waals surface area contributed by atoms with Crippen molar-refractivity contribution < 1.29 is 21.7 Å². The molecule has 0 aromatic heterocycles. The average Bonchev–Trinajstić information content (AvgIpc) is 1.88. The van der Waals surface area contributed by atoms with Crippen LogP contribution in [0.15, 0.2) is 24.3 Å². The topological polar surface area (TPSA) is 9.23 Å². The van der Waals surface area contributed by atoms with E-state index in [1.807, 2.05) is 38.1 Å². The molecule has 0 heterocycles. The van der Waals surface area contributed by atoms with Crippen molar-refractivity contribution in [2.75, 3.05) is 0 Å². The van der Waals surface area contributed by atoms with Crippen molar-refractivity contribution in [3.05, 3.63) is 30.3 Å². The Balaban J connectivity index is 0. The van der Waals surface area contributed by atoms with E-state index in [0.717, 1.165) is 5.75 Å². The molecule has 1 aromatic carbocycles. The van der Waals surface area contributed by atoms with Crippen LogP contribution in [-0.2, 0) is 0 Å². The van der Waals surface area contributed by atoms with Gasteiger partial charge in [-0.2, -0.15) is 18.2 Å². The van der Waals surface area contributed by atoms with Gasteiger partial charge in [0, 0.05) is 5.75 Å². The molecule has 1 aromatic rings. The van der Waals surface area contributed by atoms with Crippen LogP contribution >= 0.6 is 0 Å². The van der Waals surface area contributed by atoms with Crippen molar-refractivity contribution in [1.29, 1.82) is 0 Å². The molecular weight excluding hydrogens is 228 g/mol. The summed E-state index contributed by atoms with van der Waals surface area (Å²) in [4.78, 5) is 0. The third-order valence-corrected chi connectivity index (χ3v) is 1.06. The monoisotopic (exact) mass is 238 g/mol. The molecule has 1 nitrogen and oxygen atoms in total. The van der Waals surface area contributed by atoms with Gasteiger partial charge in [-0.05, 0) is 13.8 Å². The van der Waals surface area contributed by atoms with Gasteiger partial charge in [-0.25, -0.2) is 0 Å². The summed E-state index contributed by atoms with van der Waals surface area (Å²) in [5.74, 6) is 0.911. The van der Waals surface area contributed by atoms with Crippen molar-refractivity contribution in [2.45, 2.75) is 20.0 Å². The van der Waals surface area contributed by atoms with Gasteiger partial charge in [0.25, 0.3) is 0 Å². The molecule has 0 radical (unpaired) electrons. The Morgan fingerprint density at radius 3 is 2.17 bits per heavy atom. The molecule has 3 heteroatoms. The maximum Gasteiger partial charge on any atom is 2.00 e. The minimum absolute atomic E-state index is 0. The molecule has 0 unspecified atom stereocenters. The first-order chi connectivity index (χ1) is 4.79. The van der Waals surface area contributed by atoms with Crippen molar-refractivity contribution >= 4 is 23.1 Å². The molecule has 0 atom stereocenters. The Labute approximate surface area is 100 Å². The summed E-state index contributed by atoms with van der Waals surface area (Å²) in [5.41, 5.74) is 0. The molecule has 1 rings (SSSR count). The zero-order chi connectivity index (χ0) is 7.40. The van der Waals surface area contributed by atoms with Crippen LogP contribution in [0.25, 0.3) is 0 Å². The molecule has 62 valence electrons. The number of rotatable bonds is 2. The van der Waals surface area contributed by atoms with Crippen molar-refractivity contribution in [2.24, 2.45) is 0 Å². The maximum atomic E-state index is 5.39. The molecule has 0 aliphatic carbocycles. The van der Waals surface area contributed by atoms with Gasteiger partial charge >= 0.3 is 23.1 Å². The Hall–Kier alpha value is 0.266. The molecule has 0 aliphatic rings. The van der Waals surface area contributed by atoms with E-state index in [2.05, 4.69) is 6.07 Å². The first kappa shape index (κ1) is 14.8. The molecule has 0 amide bonds. The summed E-state index contributed by atoms with van der Waals surface area (Å²) in [6.45, 7) is 4.02. The van der Waals surface area contributed by atoms with E-state index >= 15 is 0 Å². The van der Waals surface area contributed by atoms with Crippen LogP contribution in [0.5, 0.6) is 5.75 Å². The molecule has 0 N–H and O–H groups in total. The molecule has 12 heavy (non-hydrogen) atoms. The average molecular weight is 239 g/mol. The quantitative estimate of drug-likeness (QED) is 0.470. The summed E-state index contributed by atoms with van der Waals surface area (Å²) in [6.07, 6.45) is 0.252. The molecule has 0 saturated heterocycles. The summed E-state index contributed by atoms with van der Waals surface area (Å²) >= 11 is 0. The van der Waals surface area contributed by atoms with Crippen LogP contribution in [0, 0.1) is 6.07 Å². The SMILES string of the molecule is CC(C)Oc1cc[c-]cc1.[Br-].[Mg+2]. The van der Waals surface area contributed by atoms with Crippen LogP contribution in [0.2, 0.25) is 0 Å². The summed E-state index contributed by atoms with van der Waals surface area (Å²) in [6, 6.07) is 10.4. The Morgan fingerprint density at radius 2 is 1.75 bits per heavy atom. The van der Waals surface area contributed by atoms with Crippen LogP contribution < -0.4 is 21.7 Å². The largest absolute Gasteiger partial charge is 2.00 e. The molecule has 0 aliphatic heterocycles. The van der Waals surface area contributed by atoms with E-state index in [4.69, 9.17) is 4.74 Å². The van der Waals surface area contributed by atoms with Gasteiger partial charge in [0.05, 0.1) is 6.10 Å². The number of halogens is 1. The molecule has 0 saturated carbocycles. The maximum absolute atomic E-state index is 5.39. The summed E-state index contributed by atoms with van der Waals surface area (Å²) in [7, 11) is 0. The molecule has 0 fully saturated rings. The molecular formula is C9H11BrMgO.